The Balaban J connectivity index is 2.00. The molecular formula is C15H26N2O4. The monoisotopic (exact) mass is 298 g/mol. The van der Waals surface area contributed by atoms with Crippen molar-refractivity contribution in [2.45, 2.75) is 51.0 Å². The fraction of sp³-hybridized carbons (Fsp3) is 0.867. The van der Waals surface area contributed by atoms with Gasteiger partial charge in [-0.15, -0.1) is 0 Å². The second kappa shape index (κ2) is 7.22. The van der Waals surface area contributed by atoms with Gasteiger partial charge in [0.1, 0.15) is 0 Å². The van der Waals surface area contributed by atoms with E-state index in [-0.39, 0.29) is 23.8 Å². The normalized spacial score (nSPS) is 25.6. The zero-order chi connectivity index (χ0) is 15.3. The Morgan fingerprint density at radius 1 is 1.29 bits per heavy atom. The summed E-state index contributed by atoms with van der Waals surface area (Å²) in [6.07, 6.45) is 5.88. The summed E-state index contributed by atoms with van der Waals surface area (Å²) in [5.74, 6) is -0.855. The Morgan fingerprint density at radius 3 is 2.62 bits per heavy atom. The summed E-state index contributed by atoms with van der Waals surface area (Å²) < 4.78 is 5.32. The molecule has 1 amide bonds. The predicted octanol–water partition coefficient (Wildman–Crippen LogP) is 0.988. The Kier molecular flexibility index (Phi) is 5.58. The maximum absolute atomic E-state index is 12.6. The van der Waals surface area contributed by atoms with E-state index in [1.807, 2.05) is 0 Å². The van der Waals surface area contributed by atoms with E-state index < -0.39 is 5.97 Å². The molecule has 1 saturated carbocycles. The number of hydrogen-bond acceptors (Lipinski definition) is 4. The predicted molar refractivity (Wildman–Crippen MR) is 77.8 cm³/mol. The molecule has 1 unspecified atom stereocenters. The van der Waals surface area contributed by atoms with Gasteiger partial charge in [0.25, 0.3) is 0 Å². The number of carbonyl (C=O) groups is 2. The summed E-state index contributed by atoms with van der Waals surface area (Å²) >= 11 is 0. The molecular weight excluding hydrogens is 272 g/mol. The van der Waals surface area contributed by atoms with Crippen LogP contribution < -0.4 is 5.73 Å². The first kappa shape index (κ1) is 16.2. The molecule has 21 heavy (non-hydrogen) atoms. The second-order valence-corrected chi connectivity index (χ2v) is 6.36. The van der Waals surface area contributed by atoms with Crippen molar-refractivity contribution >= 4 is 11.9 Å². The van der Waals surface area contributed by atoms with E-state index in [4.69, 9.17) is 15.6 Å². The average Bonchev–Trinajstić information content (AvgIpc) is 2.48. The highest BCUT2D eigenvalue weighted by Gasteiger charge is 2.37. The number of carbonyl (C=O) groups excluding carboxylic acids is 1. The van der Waals surface area contributed by atoms with Crippen molar-refractivity contribution in [1.29, 1.82) is 0 Å². The lowest BCUT2D eigenvalue weighted by Crippen LogP contribution is -2.51. The van der Waals surface area contributed by atoms with Gasteiger partial charge in [0.2, 0.25) is 5.91 Å². The van der Waals surface area contributed by atoms with Crippen LogP contribution in [0.1, 0.15) is 44.9 Å². The standard InChI is InChI=1S/C15H26N2O4/c16-11-15(4-2-1-3-5-15)9-13(18)17-6-7-21-10-12(17)8-14(19)20/h12H,1-11,16H2,(H,19,20). The van der Waals surface area contributed by atoms with Gasteiger partial charge < -0.3 is 20.5 Å². The minimum Gasteiger partial charge on any atom is -0.481 e. The van der Waals surface area contributed by atoms with Crippen LogP contribution in [0.25, 0.3) is 0 Å². The fourth-order valence-corrected chi connectivity index (χ4v) is 3.53. The van der Waals surface area contributed by atoms with E-state index in [2.05, 4.69) is 0 Å². The second-order valence-electron chi connectivity index (χ2n) is 6.36. The van der Waals surface area contributed by atoms with E-state index in [9.17, 15) is 9.59 Å². The Bertz CT molecular complexity index is 380. The van der Waals surface area contributed by atoms with Crippen LogP contribution in [0, 0.1) is 5.41 Å². The third-order valence-corrected chi connectivity index (χ3v) is 4.83. The molecule has 1 atom stereocenters. The number of nitrogens with two attached hydrogens (primary N) is 1. The smallest absolute Gasteiger partial charge is 0.305 e. The third kappa shape index (κ3) is 4.17. The molecule has 0 bridgehead atoms. The van der Waals surface area contributed by atoms with Gasteiger partial charge in [0.15, 0.2) is 0 Å². The molecule has 6 nitrogen and oxygen atoms in total. The molecule has 1 aliphatic heterocycles. The van der Waals surface area contributed by atoms with Gasteiger partial charge in [0.05, 0.1) is 25.7 Å². The number of morpholine rings is 1. The minimum atomic E-state index is -0.894. The molecule has 0 aromatic heterocycles. The van der Waals surface area contributed by atoms with Crippen molar-refractivity contribution in [3.63, 3.8) is 0 Å². The molecule has 0 aromatic carbocycles. The van der Waals surface area contributed by atoms with Crippen LogP contribution in [-0.4, -0.2) is 54.2 Å². The van der Waals surface area contributed by atoms with Crippen LogP contribution in [0.4, 0.5) is 0 Å². The van der Waals surface area contributed by atoms with Crippen LogP contribution in [-0.2, 0) is 14.3 Å². The molecule has 2 rings (SSSR count). The summed E-state index contributed by atoms with van der Waals surface area (Å²) in [5, 5.41) is 8.97. The summed E-state index contributed by atoms with van der Waals surface area (Å²) in [7, 11) is 0. The van der Waals surface area contributed by atoms with Crippen molar-refractivity contribution in [3.05, 3.63) is 0 Å². The lowest BCUT2D eigenvalue weighted by atomic mass is 9.71. The average molecular weight is 298 g/mol. The van der Waals surface area contributed by atoms with Gasteiger partial charge in [-0.05, 0) is 24.8 Å². The van der Waals surface area contributed by atoms with Crippen LogP contribution in [0.5, 0.6) is 0 Å². The van der Waals surface area contributed by atoms with E-state index >= 15 is 0 Å². The van der Waals surface area contributed by atoms with E-state index in [0.29, 0.717) is 32.7 Å². The Labute approximate surface area is 125 Å². The molecule has 1 heterocycles. The highest BCUT2D eigenvalue weighted by Crippen LogP contribution is 2.39. The number of carboxylic acids is 1. The molecule has 1 aliphatic carbocycles. The Morgan fingerprint density at radius 2 is 2.00 bits per heavy atom. The number of rotatable bonds is 5. The number of ether oxygens (including phenoxy) is 1. The fourth-order valence-electron chi connectivity index (χ4n) is 3.53. The van der Waals surface area contributed by atoms with E-state index in [1.54, 1.807) is 4.90 Å². The van der Waals surface area contributed by atoms with Crippen molar-refractivity contribution in [1.82, 2.24) is 4.90 Å². The number of aliphatic carboxylic acids is 1. The number of nitrogens with zero attached hydrogens (tertiary/aromatic N) is 1. The summed E-state index contributed by atoms with van der Waals surface area (Å²) in [5.41, 5.74) is 5.86. The molecule has 6 heteroatoms. The number of hydrogen-bond donors (Lipinski definition) is 2. The van der Waals surface area contributed by atoms with Gasteiger partial charge in [-0.1, -0.05) is 19.3 Å². The zero-order valence-electron chi connectivity index (χ0n) is 12.6. The van der Waals surface area contributed by atoms with Crippen LogP contribution >= 0.6 is 0 Å². The molecule has 120 valence electrons. The van der Waals surface area contributed by atoms with Gasteiger partial charge in [-0.3, -0.25) is 9.59 Å². The maximum Gasteiger partial charge on any atom is 0.305 e. The van der Waals surface area contributed by atoms with Crippen LogP contribution in [0.3, 0.4) is 0 Å². The quantitative estimate of drug-likeness (QED) is 0.789. The summed E-state index contributed by atoms with van der Waals surface area (Å²) in [4.78, 5) is 25.3. The molecule has 2 aliphatic rings. The van der Waals surface area contributed by atoms with Crippen molar-refractivity contribution in [2.24, 2.45) is 11.1 Å². The highest BCUT2D eigenvalue weighted by atomic mass is 16.5. The van der Waals surface area contributed by atoms with Crippen LogP contribution in [0.2, 0.25) is 0 Å². The molecule has 1 saturated heterocycles. The topological polar surface area (TPSA) is 92.9 Å². The van der Waals surface area contributed by atoms with Crippen molar-refractivity contribution < 1.29 is 19.4 Å². The maximum atomic E-state index is 12.6. The van der Waals surface area contributed by atoms with Crippen molar-refractivity contribution in [3.8, 4) is 0 Å². The largest absolute Gasteiger partial charge is 0.481 e. The first-order valence-corrected chi connectivity index (χ1v) is 7.85. The SMILES string of the molecule is NCC1(CC(=O)N2CCOCC2CC(=O)O)CCCCC1. The third-order valence-electron chi connectivity index (χ3n) is 4.83. The van der Waals surface area contributed by atoms with E-state index in [0.717, 1.165) is 25.7 Å². The first-order chi connectivity index (χ1) is 10.1. The van der Waals surface area contributed by atoms with Gasteiger partial charge >= 0.3 is 5.97 Å². The molecule has 2 fully saturated rings. The molecule has 0 radical (unpaired) electrons. The summed E-state index contributed by atoms with van der Waals surface area (Å²) in [6.45, 7) is 1.81. The first-order valence-electron chi connectivity index (χ1n) is 7.85. The molecule has 0 spiro atoms. The summed E-state index contributed by atoms with van der Waals surface area (Å²) in [6, 6.07) is -0.345. The van der Waals surface area contributed by atoms with E-state index in [1.165, 1.54) is 6.42 Å². The molecule has 3 N–H and O–H groups in total. The lowest BCUT2D eigenvalue weighted by molar-refractivity contribution is -0.148. The van der Waals surface area contributed by atoms with Gasteiger partial charge in [-0.25, -0.2) is 0 Å². The zero-order valence-corrected chi connectivity index (χ0v) is 12.6. The lowest BCUT2D eigenvalue weighted by Gasteiger charge is -2.40. The van der Waals surface area contributed by atoms with Crippen LogP contribution in [0.15, 0.2) is 0 Å². The number of carboxylic acid groups (broad SMARTS) is 1. The Hall–Kier alpha value is -1.14. The number of amides is 1. The minimum absolute atomic E-state index is 0.0388. The van der Waals surface area contributed by atoms with Crippen molar-refractivity contribution in [2.75, 3.05) is 26.3 Å². The van der Waals surface area contributed by atoms with Gasteiger partial charge in [0, 0.05) is 13.0 Å². The highest BCUT2D eigenvalue weighted by molar-refractivity contribution is 5.78. The molecule has 0 aromatic rings. The van der Waals surface area contributed by atoms with Gasteiger partial charge in [-0.2, -0.15) is 0 Å².